The molecule has 1 aliphatic rings. The van der Waals surface area contributed by atoms with Crippen molar-refractivity contribution in [2.45, 2.75) is 6.92 Å². The van der Waals surface area contributed by atoms with E-state index in [1.807, 2.05) is 0 Å². The molecule has 2 rings (SSSR count). The maximum atomic E-state index is 11.3. The monoisotopic (exact) mass is 202 g/mol. The van der Waals surface area contributed by atoms with Crippen molar-refractivity contribution < 1.29 is 14.6 Å². The van der Waals surface area contributed by atoms with Gasteiger partial charge in [0.2, 0.25) is 5.78 Å². The summed E-state index contributed by atoms with van der Waals surface area (Å²) in [4.78, 5) is 11.3. The predicted octanol–water partition coefficient (Wildman–Crippen LogP) is 2.24. The average Bonchev–Trinajstić information content (AvgIpc) is 2.45. The summed E-state index contributed by atoms with van der Waals surface area (Å²) in [5, 5.41) is 9.24. The van der Waals surface area contributed by atoms with Crippen LogP contribution in [0.25, 0.3) is 6.08 Å². The number of phenolic OH excluding ortho intramolecular Hbond substituents is 1. The first-order valence-electron chi connectivity index (χ1n) is 4.56. The molecule has 0 aromatic heterocycles. The van der Waals surface area contributed by atoms with Crippen LogP contribution in [-0.2, 0) is 9.53 Å². The lowest BCUT2D eigenvalue weighted by molar-refractivity contribution is -0.112. The SMILES string of the molecule is CC1=CC(=O)/C(=C/c2cccc(O)c2)O1. The Morgan fingerprint density at radius 3 is 2.80 bits per heavy atom. The Balaban J connectivity index is 2.29. The first-order chi connectivity index (χ1) is 7.15. The number of allylic oxidation sites excluding steroid dienone is 2. The van der Waals surface area contributed by atoms with Crippen LogP contribution < -0.4 is 0 Å². The number of carbonyl (C=O) groups is 1. The van der Waals surface area contributed by atoms with Crippen molar-refractivity contribution in [3.05, 3.63) is 47.4 Å². The first-order valence-corrected chi connectivity index (χ1v) is 4.56. The van der Waals surface area contributed by atoms with E-state index in [0.29, 0.717) is 5.76 Å². The molecular formula is C12H10O3. The van der Waals surface area contributed by atoms with Crippen molar-refractivity contribution in [3.63, 3.8) is 0 Å². The van der Waals surface area contributed by atoms with Gasteiger partial charge >= 0.3 is 0 Å². The van der Waals surface area contributed by atoms with Crippen molar-refractivity contribution in [2.24, 2.45) is 0 Å². The van der Waals surface area contributed by atoms with E-state index in [1.54, 1.807) is 37.3 Å². The fourth-order valence-corrected chi connectivity index (χ4v) is 1.38. The fourth-order valence-electron chi connectivity index (χ4n) is 1.38. The fraction of sp³-hybridized carbons (Fsp3) is 0.0833. The van der Waals surface area contributed by atoms with Crippen LogP contribution >= 0.6 is 0 Å². The molecule has 1 aromatic rings. The predicted molar refractivity (Wildman–Crippen MR) is 55.9 cm³/mol. The van der Waals surface area contributed by atoms with Crippen LogP contribution in [0.4, 0.5) is 0 Å². The zero-order chi connectivity index (χ0) is 10.8. The lowest BCUT2D eigenvalue weighted by Gasteiger charge is -1.99. The number of rotatable bonds is 1. The topological polar surface area (TPSA) is 46.5 Å². The highest BCUT2D eigenvalue weighted by Gasteiger charge is 2.17. The molecule has 0 unspecified atom stereocenters. The van der Waals surface area contributed by atoms with Gasteiger partial charge in [-0.2, -0.15) is 0 Å². The van der Waals surface area contributed by atoms with E-state index in [9.17, 15) is 9.90 Å². The maximum Gasteiger partial charge on any atom is 0.224 e. The van der Waals surface area contributed by atoms with Gasteiger partial charge in [-0.3, -0.25) is 4.79 Å². The van der Waals surface area contributed by atoms with Gasteiger partial charge in [0.05, 0.1) is 0 Å². The minimum absolute atomic E-state index is 0.143. The second-order valence-electron chi connectivity index (χ2n) is 3.32. The highest BCUT2D eigenvalue weighted by Crippen LogP contribution is 2.21. The van der Waals surface area contributed by atoms with E-state index in [4.69, 9.17) is 4.74 Å². The largest absolute Gasteiger partial charge is 0.508 e. The molecule has 15 heavy (non-hydrogen) atoms. The molecular weight excluding hydrogens is 192 g/mol. The summed E-state index contributed by atoms with van der Waals surface area (Å²) in [6.07, 6.45) is 3.05. The summed E-state index contributed by atoms with van der Waals surface area (Å²) in [5.41, 5.74) is 0.737. The van der Waals surface area contributed by atoms with E-state index in [0.717, 1.165) is 5.56 Å². The lowest BCUT2D eigenvalue weighted by atomic mass is 10.1. The van der Waals surface area contributed by atoms with Gasteiger partial charge in [-0.1, -0.05) is 12.1 Å². The Labute approximate surface area is 87.3 Å². The number of aromatic hydroxyl groups is 1. The number of hydrogen-bond acceptors (Lipinski definition) is 3. The van der Waals surface area contributed by atoms with E-state index < -0.39 is 0 Å². The Kier molecular flexibility index (Phi) is 2.29. The van der Waals surface area contributed by atoms with Crippen molar-refractivity contribution in [1.82, 2.24) is 0 Å². The number of benzene rings is 1. The molecule has 76 valence electrons. The summed E-state index contributed by atoms with van der Waals surface area (Å²) in [6, 6.07) is 6.64. The molecule has 0 saturated carbocycles. The zero-order valence-electron chi connectivity index (χ0n) is 8.23. The first kappa shape index (κ1) is 9.52. The second-order valence-corrected chi connectivity index (χ2v) is 3.32. The molecule has 0 aliphatic carbocycles. The van der Waals surface area contributed by atoms with Gasteiger partial charge in [0.1, 0.15) is 11.5 Å². The van der Waals surface area contributed by atoms with E-state index in [1.165, 1.54) is 6.08 Å². The minimum Gasteiger partial charge on any atom is -0.508 e. The maximum absolute atomic E-state index is 11.3. The van der Waals surface area contributed by atoms with Gasteiger partial charge in [-0.05, 0) is 30.7 Å². The molecule has 0 saturated heterocycles. The van der Waals surface area contributed by atoms with Gasteiger partial charge in [0.25, 0.3) is 0 Å². The second kappa shape index (κ2) is 3.61. The minimum atomic E-state index is -0.143. The van der Waals surface area contributed by atoms with E-state index in [2.05, 4.69) is 0 Å². The number of carbonyl (C=O) groups excluding carboxylic acids is 1. The molecule has 0 radical (unpaired) electrons. The third-order valence-electron chi connectivity index (χ3n) is 2.02. The summed E-state index contributed by atoms with van der Waals surface area (Å²) in [6.45, 7) is 1.72. The van der Waals surface area contributed by atoms with Crippen LogP contribution in [0.1, 0.15) is 12.5 Å². The van der Waals surface area contributed by atoms with Gasteiger partial charge in [0, 0.05) is 6.08 Å². The van der Waals surface area contributed by atoms with Crippen molar-refractivity contribution in [3.8, 4) is 5.75 Å². The van der Waals surface area contributed by atoms with Crippen LogP contribution in [-0.4, -0.2) is 10.9 Å². The van der Waals surface area contributed by atoms with Crippen molar-refractivity contribution in [1.29, 1.82) is 0 Å². The van der Waals surface area contributed by atoms with Crippen LogP contribution in [0.2, 0.25) is 0 Å². The molecule has 0 amide bonds. The summed E-state index contributed by atoms with van der Waals surface area (Å²) in [7, 11) is 0. The van der Waals surface area contributed by atoms with Crippen LogP contribution in [0.5, 0.6) is 5.75 Å². The normalized spacial score (nSPS) is 17.8. The Morgan fingerprint density at radius 1 is 1.40 bits per heavy atom. The van der Waals surface area contributed by atoms with Crippen LogP contribution in [0, 0.1) is 0 Å². The van der Waals surface area contributed by atoms with Gasteiger partial charge in [-0.25, -0.2) is 0 Å². The molecule has 0 bridgehead atoms. The van der Waals surface area contributed by atoms with Crippen molar-refractivity contribution >= 4 is 11.9 Å². The molecule has 0 atom stereocenters. The molecule has 1 aliphatic heterocycles. The molecule has 3 nitrogen and oxygen atoms in total. The smallest absolute Gasteiger partial charge is 0.224 e. The van der Waals surface area contributed by atoms with Gasteiger partial charge < -0.3 is 9.84 Å². The molecule has 0 spiro atoms. The van der Waals surface area contributed by atoms with E-state index >= 15 is 0 Å². The standard InChI is InChI=1S/C12H10O3/c1-8-5-11(14)12(15-8)7-9-3-2-4-10(13)6-9/h2-7,13H,1H3/b12-7-. The molecule has 1 heterocycles. The third kappa shape index (κ3) is 2.07. The average molecular weight is 202 g/mol. The Hall–Kier alpha value is -2.03. The number of hydrogen-bond donors (Lipinski definition) is 1. The quantitative estimate of drug-likeness (QED) is 0.710. The Morgan fingerprint density at radius 2 is 2.20 bits per heavy atom. The number of ketones is 1. The van der Waals surface area contributed by atoms with Crippen molar-refractivity contribution in [2.75, 3.05) is 0 Å². The third-order valence-corrected chi connectivity index (χ3v) is 2.02. The lowest BCUT2D eigenvalue weighted by Crippen LogP contribution is -1.92. The molecule has 1 N–H and O–H groups in total. The number of ether oxygens (including phenoxy) is 1. The molecule has 3 heteroatoms. The highest BCUT2D eigenvalue weighted by molar-refractivity contribution is 6.07. The highest BCUT2D eigenvalue weighted by atomic mass is 16.5. The van der Waals surface area contributed by atoms with E-state index in [-0.39, 0.29) is 17.3 Å². The van der Waals surface area contributed by atoms with Crippen LogP contribution in [0.3, 0.4) is 0 Å². The summed E-state index contributed by atoms with van der Waals surface area (Å²) >= 11 is 0. The van der Waals surface area contributed by atoms with Crippen LogP contribution in [0.15, 0.2) is 41.9 Å². The summed E-state index contributed by atoms with van der Waals surface area (Å²) in [5.74, 6) is 0.903. The summed E-state index contributed by atoms with van der Waals surface area (Å²) < 4.78 is 5.21. The molecule has 0 fully saturated rings. The van der Waals surface area contributed by atoms with Gasteiger partial charge in [0.15, 0.2) is 5.76 Å². The zero-order valence-corrected chi connectivity index (χ0v) is 8.23. The van der Waals surface area contributed by atoms with Gasteiger partial charge in [-0.15, -0.1) is 0 Å². The number of phenols is 1. The Bertz CT molecular complexity index is 470. The molecule has 1 aromatic carbocycles.